The summed E-state index contributed by atoms with van der Waals surface area (Å²) >= 11 is 0. The molecule has 1 aliphatic rings. The number of piperazine rings is 1. The number of hydrogen-bond donors (Lipinski definition) is 2. The van der Waals surface area contributed by atoms with Crippen LogP contribution in [0.5, 0.6) is 11.5 Å². The maximum Gasteiger partial charge on any atom is 0.289 e. The quantitative estimate of drug-likeness (QED) is 0.456. The highest BCUT2D eigenvalue weighted by Gasteiger charge is 2.25. The molecule has 37 heavy (non-hydrogen) atoms. The molecule has 0 radical (unpaired) electrons. The lowest BCUT2D eigenvalue weighted by Gasteiger charge is -2.32. The predicted octanol–water partition coefficient (Wildman–Crippen LogP) is 3.22. The Morgan fingerprint density at radius 3 is 2.46 bits per heavy atom. The summed E-state index contributed by atoms with van der Waals surface area (Å²) in [4.78, 5) is 17.6. The van der Waals surface area contributed by atoms with Gasteiger partial charge in [0.05, 0.1) is 12.7 Å². The lowest BCUT2D eigenvalue weighted by molar-refractivity contribution is 0.0938. The van der Waals surface area contributed by atoms with Crippen LogP contribution >= 0.6 is 0 Å². The van der Waals surface area contributed by atoms with Crippen LogP contribution in [0.15, 0.2) is 36.4 Å². The minimum atomic E-state index is -0.690. The number of alkyl halides is 1. The number of nitrogens with one attached hydrogen (secondary N) is 1. The lowest BCUT2D eigenvalue weighted by Crippen LogP contribution is -2.43. The van der Waals surface area contributed by atoms with E-state index in [0.29, 0.717) is 22.8 Å². The van der Waals surface area contributed by atoms with E-state index < -0.39 is 12.6 Å². The summed E-state index contributed by atoms with van der Waals surface area (Å²) in [6.07, 6.45) is 0. The molecule has 2 N–H and O–H groups in total. The van der Waals surface area contributed by atoms with E-state index >= 15 is 0 Å². The number of phenols is 1. The first-order valence-electron chi connectivity index (χ1n) is 12.5. The third kappa shape index (κ3) is 5.91. The first-order chi connectivity index (χ1) is 17.8. The molecule has 0 spiro atoms. The third-order valence-electron chi connectivity index (χ3n) is 6.65. The summed E-state index contributed by atoms with van der Waals surface area (Å²) in [7, 11) is 3.69. The topological polar surface area (TPSA) is 95.8 Å². The van der Waals surface area contributed by atoms with Gasteiger partial charge in [0, 0.05) is 51.0 Å². The van der Waals surface area contributed by atoms with Crippen molar-refractivity contribution < 1.29 is 19.0 Å². The highest BCUT2D eigenvalue weighted by atomic mass is 19.1. The Labute approximate surface area is 216 Å². The van der Waals surface area contributed by atoms with Crippen molar-refractivity contribution in [2.24, 2.45) is 0 Å². The number of benzene rings is 2. The van der Waals surface area contributed by atoms with Crippen molar-refractivity contribution in [3.8, 4) is 28.6 Å². The molecule has 0 bridgehead atoms. The number of amides is 1. The predicted molar refractivity (Wildman–Crippen MR) is 140 cm³/mol. The Hall–Kier alpha value is -3.50. The zero-order chi connectivity index (χ0) is 26.5. The smallest absolute Gasteiger partial charge is 0.289 e. The second-order valence-corrected chi connectivity index (χ2v) is 9.64. The summed E-state index contributed by atoms with van der Waals surface area (Å²) in [5.41, 5.74) is 3.12. The molecule has 4 rings (SSSR count). The Morgan fingerprint density at radius 2 is 1.84 bits per heavy atom. The fourth-order valence-corrected chi connectivity index (χ4v) is 4.50. The van der Waals surface area contributed by atoms with E-state index in [1.165, 1.54) is 0 Å². The molecule has 0 saturated carbocycles. The Kier molecular flexibility index (Phi) is 8.40. The van der Waals surface area contributed by atoms with Crippen LogP contribution in [0.4, 0.5) is 4.39 Å². The standard InChI is InChI=1S/C27H35FN6O3/c1-18(2)21-15-22(23(35)16-24(21)37-4)25-30-31-26(27(36)29-10-9-28)34(25)20-7-5-19(6-8-20)17-33-13-11-32(3)12-14-33/h5-8,15-16,18,35H,9-14,17H2,1-4H3,(H,29,36). The number of methoxy groups -OCH3 is 1. The molecule has 1 aromatic heterocycles. The summed E-state index contributed by atoms with van der Waals surface area (Å²) in [5, 5.41) is 21.8. The zero-order valence-corrected chi connectivity index (χ0v) is 21.9. The molecule has 10 heteroatoms. The number of aromatic nitrogens is 3. The number of aromatic hydroxyl groups is 1. The molecular formula is C27H35FN6O3. The number of carbonyl (C=O) groups is 1. The molecule has 0 atom stereocenters. The largest absolute Gasteiger partial charge is 0.507 e. The summed E-state index contributed by atoms with van der Waals surface area (Å²) in [5.74, 6) is 0.409. The van der Waals surface area contributed by atoms with Crippen molar-refractivity contribution in [3.05, 3.63) is 53.3 Å². The van der Waals surface area contributed by atoms with Crippen LogP contribution in [0, 0.1) is 0 Å². The minimum absolute atomic E-state index is 0.0107. The van der Waals surface area contributed by atoms with Crippen LogP contribution < -0.4 is 10.1 Å². The zero-order valence-electron chi connectivity index (χ0n) is 21.9. The monoisotopic (exact) mass is 510 g/mol. The van der Waals surface area contributed by atoms with Crippen molar-refractivity contribution in [2.75, 3.05) is 53.6 Å². The summed E-state index contributed by atoms with van der Waals surface area (Å²) < 4.78 is 19.8. The average molecular weight is 511 g/mol. The molecule has 1 amide bonds. The van der Waals surface area contributed by atoms with Gasteiger partial charge in [-0.3, -0.25) is 14.3 Å². The van der Waals surface area contributed by atoms with Crippen molar-refractivity contribution in [1.82, 2.24) is 29.9 Å². The van der Waals surface area contributed by atoms with Crippen molar-refractivity contribution >= 4 is 5.91 Å². The van der Waals surface area contributed by atoms with E-state index in [1.807, 2.05) is 44.2 Å². The maximum atomic E-state index is 12.9. The summed E-state index contributed by atoms with van der Waals surface area (Å²) in [6.45, 7) is 8.19. The van der Waals surface area contributed by atoms with Gasteiger partial charge in [-0.25, -0.2) is 4.39 Å². The first-order valence-corrected chi connectivity index (χ1v) is 12.5. The van der Waals surface area contributed by atoms with Gasteiger partial charge >= 0.3 is 0 Å². The normalized spacial score (nSPS) is 14.8. The number of carbonyl (C=O) groups excluding carboxylic acids is 1. The van der Waals surface area contributed by atoms with Crippen molar-refractivity contribution in [1.29, 1.82) is 0 Å². The van der Waals surface area contributed by atoms with Crippen LogP contribution in [0.2, 0.25) is 0 Å². The van der Waals surface area contributed by atoms with E-state index in [9.17, 15) is 14.3 Å². The fraction of sp³-hybridized carbons (Fsp3) is 0.444. The molecule has 1 saturated heterocycles. The van der Waals surface area contributed by atoms with Gasteiger partial charge in [0.15, 0.2) is 5.82 Å². The number of phenolic OH excluding ortho intramolecular Hbond substituents is 1. The molecule has 1 fully saturated rings. The highest BCUT2D eigenvalue weighted by molar-refractivity contribution is 5.92. The van der Waals surface area contributed by atoms with Gasteiger partial charge in [0.2, 0.25) is 5.82 Å². The minimum Gasteiger partial charge on any atom is -0.507 e. The molecular weight excluding hydrogens is 475 g/mol. The number of hydrogen-bond acceptors (Lipinski definition) is 7. The Morgan fingerprint density at radius 1 is 1.14 bits per heavy atom. The van der Waals surface area contributed by atoms with Crippen molar-refractivity contribution in [2.45, 2.75) is 26.3 Å². The van der Waals surface area contributed by atoms with Crippen LogP contribution in [0.25, 0.3) is 17.1 Å². The Balaban J connectivity index is 1.74. The molecule has 2 aromatic carbocycles. The highest BCUT2D eigenvalue weighted by Crippen LogP contribution is 2.38. The second-order valence-electron chi connectivity index (χ2n) is 9.64. The fourth-order valence-electron chi connectivity index (χ4n) is 4.50. The van der Waals surface area contributed by atoms with E-state index in [1.54, 1.807) is 17.7 Å². The van der Waals surface area contributed by atoms with Crippen LogP contribution in [-0.2, 0) is 6.54 Å². The van der Waals surface area contributed by atoms with Crippen LogP contribution in [0.3, 0.4) is 0 Å². The van der Waals surface area contributed by atoms with Crippen LogP contribution in [0.1, 0.15) is 41.5 Å². The van der Waals surface area contributed by atoms with Crippen molar-refractivity contribution in [3.63, 3.8) is 0 Å². The van der Waals surface area contributed by atoms with Gasteiger partial charge in [0.1, 0.15) is 18.2 Å². The van der Waals surface area contributed by atoms with E-state index in [0.717, 1.165) is 43.9 Å². The summed E-state index contributed by atoms with van der Waals surface area (Å²) in [6, 6.07) is 11.2. The van der Waals surface area contributed by atoms with Gasteiger partial charge in [-0.1, -0.05) is 26.0 Å². The van der Waals surface area contributed by atoms with E-state index in [4.69, 9.17) is 4.74 Å². The molecule has 3 aromatic rings. The van der Waals surface area contributed by atoms with Crippen LogP contribution in [-0.4, -0.2) is 89.1 Å². The second kappa shape index (κ2) is 11.7. The first kappa shape index (κ1) is 26.6. The number of ether oxygens (including phenoxy) is 1. The van der Waals surface area contributed by atoms with Gasteiger partial charge < -0.3 is 20.1 Å². The SMILES string of the molecule is COc1cc(O)c(-c2nnc(C(=O)NCCF)n2-c2ccc(CN3CCN(C)CC3)cc2)cc1C(C)C. The number of halogens is 1. The third-order valence-corrected chi connectivity index (χ3v) is 6.65. The molecule has 1 aliphatic heterocycles. The van der Waals surface area contributed by atoms with E-state index in [2.05, 4.69) is 32.4 Å². The van der Waals surface area contributed by atoms with Gasteiger partial charge in [-0.15, -0.1) is 10.2 Å². The molecule has 0 unspecified atom stereocenters. The van der Waals surface area contributed by atoms with Gasteiger partial charge in [-0.2, -0.15) is 0 Å². The number of likely N-dealkylation sites (N-methyl/N-ethyl adjacent to an activating group) is 1. The molecule has 2 heterocycles. The number of rotatable bonds is 9. The van der Waals surface area contributed by atoms with Gasteiger partial charge in [-0.05, 0) is 42.3 Å². The maximum absolute atomic E-state index is 12.9. The van der Waals surface area contributed by atoms with Gasteiger partial charge in [0.25, 0.3) is 5.91 Å². The van der Waals surface area contributed by atoms with E-state index in [-0.39, 0.29) is 24.0 Å². The average Bonchev–Trinajstić information content (AvgIpc) is 3.33. The number of nitrogens with zero attached hydrogens (tertiary/aromatic N) is 5. The lowest BCUT2D eigenvalue weighted by atomic mass is 9.98. The molecule has 0 aliphatic carbocycles. The Bertz CT molecular complexity index is 1220. The molecule has 9 nitrogen and oxygen atoms in total. The molecule has 198 valence electrons.